The van der Waals surface area contributed by atoms with Crippen LogP contribution in [0.15, 0.2) is 12.4 Å². The topological polar surface area (TPSA) is 63.1 Å². The molecule has 2 aromatic heterocycles. The third-order valence-electron chi connectivity index (χ3n) is 2.25. The quantitative estimate of drug-likeness (QED) is 0.826. The fraction of sp³-hybridized carbons (Fsp3) is 0.364. The van der Waals surface area contributed by atoms with E-state index in [9.17, 15) is 4.79 Å². The second kappa shape index (κ2) is 3.52. The van der Waals surface area contributed by atoms with Crippen LogP contribution in [0.4, 0.5) is 0 Å². The van der Waals surface area contributed by atoms with Crippen LogP contribution in [0, 0.1) is 0 Å². The van der Waals surface area contributed by atoms with Crippen molar-refractivity contribution in [1.82, 2.24) is 9.97 Å². The molecule has 2 aromatic rings. The van der Waals surface area contributed by atoms with Crippen molar-refractivity contribution in [1.29, 1.82) is 0 Å². The third kappa shape index (κ3) is 1.78. The number of carbonyl (C=O) groups is 1. The summed E-state index contributed by atoms with van der Waals surface area (Å²) in [5.41, 5.74) is 0.800. The largest absolute Gasteiger partial charge is 0.476 e. The Morgan fingerprint density at radius 2 is 2.06 bits per heavy atom. The van der Waals surface area contributed by atoms with Gasteiger partial charge >= 0.3 is 5.97 Å². The van der Waals surface area contributed by atoms with Crippen molar-refractivity contribution in [2.75, 3.05) is 0 Å². The SMILES string of the molecule is CC(C)(C)c1cc2ncnc(C(=O)O)c2s1. The number of carboxylic acids is 1. The fourth-order valence-electron chi connectivity index (χ4n) is 1.38. The molecular weight excluding hydrogens is 224 g/mol. The molecule has 2 heterocycles. The molecule has 5 heteroatoms. The molecule has 84 valence electrons. The van der Waals surface area contributed by atoms with Crippen molar-refractivity contribution in [2.45, 2.75) is 26.2 Å². The van der Waals surface area contributed by atoms with E-state index in [-0.39, 0.29) is 11.1 Å². The van der Waals surface area contributed by atoms with E-state index in [4.69, 9.17) is 5.11 Å². The summed E-state index contributed by atoms with van der Waals surface area (Å²) in [6.45, 7) is 6.27. The first kappa shape index (κ1) is 11.0. The summed E-state index contributed by atoms with van der Waals surface area (Å²) in [4.78, 5) is 20.0. The van der Waals surface area contributed by atoms with Gasteiger partial charge in [0.25, 0.3) is 0 Å². The molecule has 1 N–H and O–H groups in total. The van der Waals surface area contributed by atoms with Gasteiger partial charge in [-0.05, 0) is 11.5 Å². The lowest BCUT2D eigenvalue weighted by Crippen LogP contribution is -2.07. The third-order valence-corrected chi connectivity index (χ3v) is 3.81. The summed E-state index contributed by atoms with van der Waals surface area (Å²) in [6, 6.07) is 1.94. The van der Waals surface area contributed by atoms with Gasteiger partial charge in [0.2, 0.25) is 0 Å². The molecule has 0 saturated heterocycles. The van der Waals surface area contributed by atoms with Crippen LogP contribution in [-0.4, -0.2) is 21.0 Å². The van der Waals surface area contributed by atoms with Crippen LogP contribution in [-0.2, 0) is 5.41 Å². The van der Waals surface area contributed by atoms with Gasteiger partial charge in [0, 0.05) is 4.88 Å². The lowest BCUT2D eigenvalue weighted by Gasteiger charge is -2.14. The molecule has 0 aliphatic heterocycles. The molecule has 0 aromatic carbocycles. The number of fused-ring (bicyclic) bond motifs is 1. The minimum absolute atomic E-state index is 0.00113. The average Bonchev–Trinajstić information content (AvgIpc) is 2.59. The highest BCUT2D eigenvalue weighted by molar-refractivity contribution is 7.19. The van der Waals surface area contributed by atoms with Crippen molar-refractivity contribution < 1.29 is 9.90 Å². The van der Waals surface area contributed by atoms with Gasteiger partial charge in [0.05, 0.1) is 10.2 Å². The van der Waals surface area contributed by atoms with Crippen LogP contribution < -0.4 is 0 Å². The molecule has 0 unspecified atom stereocenters. The molecular formula is C11H12N2O2S. The van der Waals surface area contributed by atoms with Crippen LogP contribution in [0.2, 0.25) is 0 Å². The second-order valence-electron chi connectivity index (χ2n) is 4.60. The predicted molar refractivity (Wildman–Crippen MR) is 63.1 cm³/mol. The van der Waals surface area contributed by atoms with E-state index in [2.05, 4.69) is 30.7 Å². The first-order valence-electron chi connectivity index (χ1n) is 4.88. The molecule has 0 bridgehead atoms. The van der Waals surface area contributed by atoms with E-state index < -0.39 is 5.97 Å². The summed E-state index contributed by atoms with van der Waals surface area (Å²) in [6.07, 6.45) is 1.30. The zero-order valence-corrected chi connectivity index (χ0v) is 10.1. The summed E-state index contributed by atoms with van der Waals surface area (Å²) in [7, 11) is 0. The molecule has 4 nitrogen and oxygen atoms in total. The van der Waals surface area contributed by atoms with Crippen molar-refractivity contribution in [3.8, 4) is 0 Å². The van der Waals surface area contributed by atoms with Crippen LogP contribution >= 0.6 is 11.3 Å². The van der Waals surface area contributed by atoms with Crippen molar-refractivity contribution >= 4 is 27.5 Å². The number of aromatic nitrogens is 2. The van der Waals surface area contributed by atoms with Gasteiger partial charge in [-0.15, -0.1) is 11.3 Å². The Morgan fingerprint density at radius 1 is 1.38 bits per heavy atom. The Balaban J connectivity index is 2.71. The van der Waals surface area contributed by atoms with Crippen molar-refractivity contribution in [3.63, 3.8) is 0 Å². The lowest BCUT2D eigenvalue weighted by molar-refractivity contribution is 0.0693. The van der Waals surface area contributed by atoms with Crippen LogP contribution in [0.5, 0.6) is 0 Å². The van der Waals surface area contributed by atoms with Gasteiger partial charge < -0.3 is 5.11 Å². The highest BCUT2D eigenvalue weighted by atomic mass is 32.1. The van der Waals surface area contributed by atoms with Gasteiger partial charge in [0.15, 0.2) is 5.69 Å². The molecule has 0 fully saturated rings. The summed E-state index contributed by atoms with van der Waals surface area (Å²) < 4.78 is 0.653. The number of aromatic carboxylic acids is 1. The Kier molecular flexibility index (Phi) is 2.42. The number of rotatable bonds is 1. The maximum absolute atomic E-state index is 11.0. The Morgan fingerprint density at radius 3 is 2.62 bits per heavy atom. The smallest absolute Gasteiger partial charge is 0.356 e. The molecule has 2 rings (SSSR count). The number of nitrogens with zero attached hydrogens (tertiary/aromatic N) is 2. The molecule has 0 spiro atoms. The Labute approximate surface area is 97.0 Å². The number of hydrogen-bond acceptors (Lipinski definition) is 4. The molecule has 0 aliphatic rings. The van der Waals surface area contributed by atoms with Crippen molar-refractivity contribution in [2.24, 2.45) is 0 Å². The Bertz CT molecular complexity index is 555. The van der Waals surface area contributed by atoms with Gasteiger partial charge in [-0.1, -0.05) is 20.8 Å². The highest BCUT2D eigenvalue weighted by Gasteiger charge is 2.20. The maximum atomic E-state index is 11.0. The standard InChI is InChI=1S/C11H12N2O2S/c1-11(2,3)7-4-6-9(16-7)8(10(14)15)13-5-12-6/h4-5H,1-3H3,(H,14,15). The van der Waals surface area contributed by atoms with E-state index in [0.29, 0.717) is 10.2 Å². The lowest BCUT2D eigenvalue weighted by atomic mass is 9.95. The zero-order chi connectivity index (χ0) is 11.9. The van der Waals surface area contributed by atoms with Gasteiger partial charge in [-0.2, -0.15) is 0 Å². The summed E-state index contributed by atoms with van der Waals surface area (Å²) >= 11 is 1.45. The van der Waals surface area contributed by atoms with E-state index >= 15 is 0 Å². The molecule has 0 aliphatic carbocycles. The average molecular weight is 236 g/mol. The normalized spacial score (nSPS) is 11.9. The maximum Gasteiger partial charge on any atom is 0.356 e. The minimum Gasteiger partial charge on any atom is -0.476 e. The monoisotopic (exact) mass is 236 g/mol. The van der Waals surface area contributed by atoms with Gasteiger partial charge in [-0.3, -0.25) is 0 Å². The number of thiophene rings is 1. The highest BCUT2D eigenvalue weighted by Crippen LogP contribution is 2.34. The van der Waals surface area contributed by atoms with Crippen LogP contribution in [0.25, 0.3) is 10.2 Å². The van der Waals surface area contributed by atoms with Gasteiger partial charge in [0.1, 0.15) is 6.33 Å². The minimum atomic E-state index is -1.00. The Hall–Kier alpha value is -1.49. The first-order chi connectivity index (χ1) is 7.39. The molecule has 0 radical (unpaired) electrons. The summed E-state index contributed by atoms with van der Waals surface area (Å²) in [5.74, 6) is -1.00. The second-order valence-corrected chi connectivity index (χ2v) is 5.65. The van der Waals surface area contributed by atoms with E-state index in [1.54, 1.807) is 0 Å². The number of carboxylic acid groups (broad SMARTS) is 1. The fourth-order valence-corrected chi connectivity index (χ4v) is 2.53. The molecule has 0 saturated carbocycles. The van der Waals surface area contributed by atoms with E-state index in [0.717, 1.165) is 4.88 Å². The predicted octanol–water partition coefficient (Wildman–Crippen LogP) is 2.69. The van der Waals surface area contributed by atoms with E-state index in [1.165, 1.54) is 17.7 Å². The number of hydrogen-bond donors (Lipinski definition) is 1. The zero-order valence-electron chi connectivity index (χ0n) is 9.31. The van der Waals surface area contributed by atoms with Crippen LogP contribution in [0.3, 0.4) is 0 Å². The van der Waals surface area contributed by atoms with Crippen molar-refractivity contribution in [3.05, 3.63) is 23.0 Å². The van der Waals surface area contributed by atoms with Gasteiger partial charge in [-0.25, -0.2) is 14.8 Å². The van der Waals surface area contributed by atoms with E-state index in [1.807, 2.05) is 6.07 Å². The van der Waals surface area contributed by atoms with Crippen LogP contribution in [0.1, 0.15) is 36.1 Å². The molecule has 0 atom stereocenters. The molecule has 16 heavy (non-hydrogen) atoms. The molecule has 0 amide bonds. The first-order valence-corrected chi connectivity index (χ1v) is 5.69. The summed E-state index contributed by atoms with van der Waals surface area (Å²) in [5, 5.41) is 9.01.